The van der Waals surface area contributed by atoms with E-state index in [9.17, 15) is 4.79 Å². The number of hydrogen-bond acceptors (Lipinski definition) is 5. The van der Waals surface area contributed by atoms with E-state index in [4.69, 9.17) is 9.47 Å². The highest BCUT2D eigenvalue weighted by molar-refractivity contribution is 5.99. The Hall–Kier alpha value is -2.17. The van der Waals surface area contributed by atoms with Gasteiger partial charge in [-0.05, 0) is 18.2 Å². The van der Waals surface area contributed by atoms with Crippen LogP contribution in [-0.2, 0) is 0 Å². The Morgan fingerprint density at radius 1 is 1.41 bits per heavy atom. The third kappa shape index (κ3) is 2.69. The third-order valence-corrected chi connectivity index (χ3v) is 2.33. The molecule has 0 amide bonds. The SMILES string of the molecule is COc1cc(C=O)ccc1OCC1=NN=CC1. The van der Waals surface area contributed by atoms with Gasteiger partial charge in [0.1, 0.15) is 12.9 Å². The molecule has 0 spiro atoms. The van der Waals surface area contributed by atoms with Gasteiger partial charge in [-0.15, -0.1) is 0 Å². The second-order valence-electron chi connectivity index (χ2n) is 3.49. The van der Waals surface area contributed by atoms with Crippen molar-refractivity contribution in [3.63, 3.8) is 0 Å². The monoisotopic (exact) mass is 232 g/mol. The Kier molecular flexibility index (Phi) is 3.49. The first kappa shape index (κ1) is 11.3. The van der Waals surface area contributed by atoms with Crippen molar-refractivity contribution in [3.05, 3.63) is 23.8 Å². The van der Waals surface area contributed by atoms with E-state index in [-0.39, 0.29) is 0 Å². The Morgan fingerprint density at radius 3 is 2.94 bits per heavy atom. The van der Waals surface area contributed by atoms with Gasteiger partial charge in [0.05, 0.1) is 12.8 Å². The topological polar surface area (TPSA) is 60.2 Å². The van der Waals surface area contributed by atoms with Gasteiger partial charge < -0.3 is 9.47 Å². The first-order chi connectivity index (χ1) is 8.33. The molecule has 1 aliphatic heterocycles. The number of carbonyl (C=O) groups excluding carboxylic acids is 1. The van der Waals surface area contributed by atoms with E-state index in [1.54, 1.807) is 24.4 Å². The molecule has 5 nitrogen and oxygen atoms in total. The molecule has 0 aliphatic carbocycles. The maximum absolute atomic E-state index is 10.6. The number of aldehydes is 1. The van der Waals surface area contributed by atoms with Crippen LogP contribution < -0.4 is 9.47 Å². The summed E-state index contributed by atoms with van der Waals surface area (Å²) in [7, 11) is 1.53. The molecule has 0 saturated heterocycles. The maximum Gasteiger partial charge on any atom is 0.161 e. The van der Waals surface area contributed by atoms with Crippen LogP contribution in [0.5, 0.6) is 11.5 Å². The Labute approximate surface area is 98.8 Å². The fraction of sp³-hybridized carbons (Fsp3) is 0.250. The van der Waals surface area contributed by atoms with Crippen molar-refractivity contribution in [2.75, 3.05) is 13.7 Å². The second-order valence-corrected chi connectivity index (χ2v) is 3.49. The molecule has 0 radical (unpaired) electrons. The summed E-state index contributed by atoms with van der Waals surface area (Å²) >= 11 is 0. The summed E-state index contributed by atoms with van der Waals surface area (Å²) in [4.78, 5) is 10.6. The normalized spacial score (nSPS) is 13.4. The molecule has 0 N–H and O–H groups in total. The van der Waals surface area contributed by atoms with E-state index in [2.05, 4.69) is 10.2 Å². The number of ether oxygens (including phenoxy) is 2. The van der Waals surface area contributed by atoms with Crippen molar-refractivity contribution in [2.24, 2.45) is 10.2 Å². The Bertz CT molecular complexity index is 481. The van der Waals surface area contributed by atoms with Crippen LogP contribution >= 0.6 is 0 Å². The van der Waals surface area contributed by atoms with Crippen molar-refractivity contribution in [2.45, 2.75) is 6.42 Å². The van der Waals surface area contributed by atoms with E-state index in [0.29, 0.717) is 23.7 Å². The minimum absolute atomic E-state index is 0.372. The van der Waals surface area contributed by atoms with Gasteiger partial charge in [0.2, 0.25) is 0 Å². The van der Waals surface area contributed by atoms with Crippen LogP contribution in [0, 0.1) is 0 Å². The fourth-order valence-electron chi connectivity index (χ4n) is 1.44. The van der Waals surface area contributed by atoms with Crippen LogP contribution in [0.2, 0.25) is 0 Å². The van der Waals surface area contributed by atoms with Crippen molar-refractivity contribution < 1.29 is 14.3 Å². The number of benzene rings is 1. The number of rotatable bonds is 5. The van der Waals surface area contributed by atoms with Crippen LogP contribution in [0.15, 0.2) is 28.4 Å². The molecule has 5 heteroatoms. The summed E-state index contributed by atoms with van der Waals surface area (Å²) in [6.07, 6.45) is 3.21. The van der Waals surface area contributed by atoms with E-state index in [1.807, 2.05) is 0 Å². The van der Waals surface area contributed by atoms with Gasteiger partial charge in [-0.3, -0.25) is 4.79 Å². The van der Waals surface area contributed by atoms with Gasteiger partial charge in [0.25, 0.3) is 0 Å². The molecule has 0 saturated carbocycles. The molecule has 2 rings (SSSR count). The molecule has 0 unspecified atom stereocenters. The largest absolute Gasteiger partial charge is 0.493 e. The minimum Gasteiger partial charge on any atom is -0.493 e. The van der Waals surface area contributed by atoms with Gasteiger partial charge >= 0.3 is 0 Å². The number of nitrogens with zero attached hydrogens (tertiary/aromatic N) is 2. The van der Waals surface area contributed by atoms with Crippen LogP contribution in [0.25, 0.3) is 0 Å². The van der Waals surface area contributed by atoms with Gasteiger partial charge in [0, 0.05) is 18.2 Å². The van der Waals surface area contributed by atoms with Crippen LogP contribution in [-0.4, -0.2) is 31.9 Å². The molecule has 1 aliphatic rings. The lowest BCUT2D eigenvalue weighted by molar-refractivity contribution is 0.112. The van der Waals surface area contributed by atoms with Crippen molar-refractivity contribution in [1.82, 2.24) is 0 Å². The maximum atomic E-state index is 10.6. The average molecular weight is 232 g/mol. The molecule has 0 fully saturated rings. The highest BCUT2D eigenvalue weighted by Crippen LogP contribution is 2.27. The lowest BCUT2D eigenvalue weighted by Crippen LogP contribution is -2.10. The molecule has 0 atom stereocenters. The highest BCUT2D eigenvalue weighted by Gasteiger charge is 2.08. The Balaban J connectivity index is 2.06. The summed E-state index contributed by atoms with van der Waals surface area (Å²) in [5.41, 5.74) is 1.42. The van der Waals surface area contributed by atoms with E-state index in [1.165, 1.54) is 7.11 Å². The second kappa shape index (κ2) is 5.25. The van der Waals surface area contributed by atoms with Gasteiger partial charge in [-0.1, -0.05) is 0 Å². The van der Waals surface area contributed by atoms with Crippen molar-refractivity contribution in [1.29, 1.82) is 0 Å². The van der Waals surface area contributed by atoms with Gasteiger partial charge in [-0.25, -0.2) is 0 Å². The average Bonchev–Trinajstić information content (AvgIpc) is 2.89. The minimum atomic E-state index is 0.372. The van der Waals surface area contributed by atoms with E-state index >= 15 is 0 Å². The molecular weight excluding hydrogens is 220 g/mol. The van der Waals surface area contributed by atoms with E-state index in [0.717, 1.165) is 18.4 Å². The zero-order chi connectivity index (χ0) is 12.1. The Morgan fingerprint density at radius 2 is 2.29 bits per heavy atom. The predicted octanol–water partition coefficient (Wildman–Crippen LogP) is 1.72. The van der Waals surface area contributed by atoms with Crippen molar-refractivity contribution >= 4 is 18.2 Å². The van der Waals surface area contributed by atoms with Crippen LogP contribution in [0.3, 0.4) is 0 Å². The molecule has 1 heterocycles. The summed E-state index contributed by atoms with van der Waals surface area (Å²) in [5.74, 6) is 1.13. The molecule has 1 aromatic carbocycles. The zero-order valence-electron chi connectivity index (χ0n) is 9.42. The van der Waals surface area contributed by atoms with Crippen LogP contribution in [0.4, 0.5) is 0 Å². The third-order valence-electron chi connectivity index (χ3n) is 2.33. The van der Waals surface area contributed by atoms with Gasteiger partial charge in [0.15, 0.2) is 11.5 Å². The molecule has 17 heavy (non-hydrogen) atoms. The molecule has 0 aromatic heterocycles. The lowest BCUT2D eigenvalue weighted by Gasteiger charge is -2.10. The molecule has 0 bridgehead atoms. The number of methoxy groups -OCH3 is 1. The van der Waals surface area contributed by atoms with E-state index < -0.39 is 0 Å². The molecular formula is C12H12N2O3. The summed E-state index contributed by atoms with van der Waals surface area (Å²) in [5, 5.41) is 7.66. The molecule has 1 aromatic rings. The summed E-state index contributed by atoms with van der Waals surface area (Å²) < 4.78 is 10.7. The first-order valence-corrected chi connectivity index (χ1v) is 5.16. The van der Waals surface area contributed by atoms with Gasteiger partial charge in [-0.2, -0.15) is 10.2 Å². The smallest absolute Gasteiger partial charge is 0.161 e. The number of hydrogen-bond donors (Lipinski definition) is 0. The standard InChI is InChI=1S/C12H12N2O3/c1-16-12-6-9(7-15)2-3-11(12)17-8-10-4-5-13-14-10/h2-3,5-7H,4,8H2,1H3. The fourth-order valence-corrected chi connectivity index (χ4v) is 1.44. The zero-order valence-corrected chi connectivity index (χ0v) is 9.42. The lowest BCUT2D eigenvalue weighted by atomic mass is 10.2. The highest BCUT2D eigenvalue weighted by atomic mass is 16.5. The quantitative estimate of drug-likeness (QED) is 0.726. The molecule has 88 valence electrons. The van der Waals surface area contributed by atoms with Crippen LogP contribution in [0.1, 0.15) is 16.8 Å². The predicted molar refractivity (Wildman–Crippen MR) is 64.4 cm³/mol. The van der Waals surface area contributed by atoms with Crippen molar-refractivity contribution in [3.8, 4) is 11.5 Å². The first-order valence-electron chi connectivity index (χ1n) is 5.16. The summed E-state index contributed by atoms with van der Waals surface area (Å²) in [6, 6.07) is 5.02. The summed E-state index contributed by atoms with van der Waals surface area (Å²) in [6.45, 7) is 0.372. The number of carbonyl (C=O) groups is 1.